The number of hydrogen-bond acceptors (Lipinski definition) is 4. The lowest BCUT2D eigenvalue weighted by Crippen LogP contribution is -2.46. The molecule has 2 saturated heterocycles. The molecule has 2 aliphatic heterocycles. The first kappa shape index (κ1) is 23.5. The van der Waals surface area contributed by atoms with Crippen LogP contribution >= 0.6 is 24.0 Å². The molecular formula is C21H37IN4O2. The average Bonchev–Trinajstić information content (AvgIpc) is 3.40. The Hall–Kier alpha value is -0.800. The zero-order valence-electron chi connectivity index (χ0n) is 17.2. The highest BCUT2D eigenvalue weighted by atomic mass is 127. The summed E-state index contributed by atoms with van der Waals surface area (Å²) in [7, 11) is 0. The van der Waals surface area contributed by atoms with Gasteiger partial charge in [-0.1, -0.05) is 13.3 Å². The molecule has 1 aromatic rings. The quantitative estimate of drug-likeness (QED) is 0.307. The van der Waals surface area contributed by atoms with Crippen LogP contribution in [-0.4, -0.2) is 62.8 Å². The van der Waals surface area contributed by atoms with Gasteiger partial charge in [0.1, 0.15) is 5.76 Å². The van der Waals surface area contributed by atoms with E-state index in [1.165, 1.54) is 32.2 Å². The number of guanidine groups is 1. The summed E-state index contributed by atoms with van der Waals surface area (Å²) < 4.78 is 10.9. The molecule has 0 spiro atoms. The third-order valence-electron chi connectivity index (χ3n) is 5.69. The summed E-state index contributed by atoms with van der Waals surface area (Å²) in [6.07, 6.45) is 9.03. The van der Waals surface area contributed by atoms with Gasteiger partial charge in [0.15, 0.2) is 5.96 Å². The van der Waals surface area contributed by atoms with E-state index in [4.69, 9.17) is 14.1 Å². The fraction of sp³-hybridized carbons (Fsp3) is 0.762. The highest BCUT2D eigenvalue weighted by molar-refractivity contribution is 14.0. The first-order chi connectivity index (χ1) is 13.3. The molecule has 3 heterocycles. The Labute approximate surface area is 186 Å². The van der Waals surface area contributed by atoms with Crippen LogP contribution in [0.25, 0.3) is 0 Å². The van der Waals surface area contributed by atoms with Gasteiger partial charge in [-0.05, 0) is 44.4 Å². The number of rotatable bonds is 9. The molecule has 1 aromatic heterocycles. The number of likely N-dealkylation sites (tertiary alicyclic amines) is 1. The Morgan fingerprint density at radius 2 is 2.14 bits per heavy atom. The molecule has 0 saturated carbocycles. The maximum atomic E-state index is 5.47. The van der Waals surface area contributed by atoms with Crippen LogP contribution in [0, 0.1) is 5.92 Å². The van der Waals surface area contributed by atoms with Crippen LogP contribution in [0.15, 0.2) is 27.8 Å². The number of halogens is 1. The monoisotopic (exact) mass is 504 g/mol. The third kappa shape index (κ3) is 7.91. The van der Waals surface area contributed by atoms with Gasteiger partial charge in [-0.2, -0.15) is 0 Å². The van der Waals surface area contributed by atoms with Crippen molar-refractivity contribution in [2.75, 3.05) is 45.9 Å². The predicted molar refractivity (Wildman–Crippen MR) is 125 cm³/mol. The van der Waals surface area contributed by atoms with Gasteiger partial charge < -0.3 is 19.8 Å². The molecule has 2 atom stereocenters. The van der Waals surface area contributed by atoms with Crippen LogP contribution in [0.5, 0.6) is 0 Å². The Balaban J connectivity index is 0.00000280. The van der Waals surface area contributed by atoms with E-state index in [0.717, 1.165) is 70.0 Å². The lowest BCUT2D eigenvalue weighted by Gasteiger charge is -2.35. The fourth-order valence-electron chi connectivity index (χ4n) is 4.02. The van der Waals surface area contributed by atoms with Gasteiger partial charge in [0, 0.05) is 51.2 Å². The molecule has 2 aliphatic rings. The molecule has 2 fully saturated rings. The van der Waals surface area contributed by atoms with Crippen molar-refractivity contribution < 1.29 is 9.15 Å². The number of hydrogen-bond donors (Lipinski definition) is 2. The second-order valence-corrected chi connectivity index (χ2v) is 7.70. The van der Waals surface area contributed by atoms with E-state index in [2.05, 4.69) is 22.5 Å². The second-order valence-electron chi connectivity index (χ2n) is 7.70. The zero-order valence-corrected chi connectivity index (χ0v) is 19.5. The third-order valence-corrected chi connectivity index (χ3v) is 5.69. The van der Waals surface area contributed by atoms with Crippen molar-refractivity contribution in [3.8, 4) is 0 Å². The summed E-state index contributed by atoms with van der Waals surface area (Å²) in [5.74, 6) is 2.48. The van der Waals surface area contributed by atoms with Gasteiger partial charge in [0.25, 0.3) is 0 Å². The van der Waals surface area contributed by atoms with Crippen LogP contribution in [0.3, 0.4) is 0 Å². The number of furan rings is 1. The van der Waals surface area contributed by atoms with Gasteiger partial charge >= 0.3 is 0 Å². The lowest BCUT2D eigenvalue weighted by atomic mass is 10.0. The summed E-state index contributed by atoms with van der Waals surface area (Å²) in [5.41, 5.74) is 0. The van der Waals surface area contributed by atoms with E-state index in [1.807, 2.05) is 12.1 Å². The molecule has 2 N–H and O–H groups in total. The predicted octanol–water partition coefficient (Wildman–Crippen LogP) is 3.28. The number of aliphatic imine (C=N–C) groups is 1. The van der Waals surface area contributed by atoms with Crippen LogP contribution in [-0.2, 0) is 11.2 Å². The Bertz CT molecular complexity index is 547. The molecule has 7 heteroatoms. The summed E-state index contributed by atoms with van der Waals surface area (Å²) in [5, 5.41) is 7.01. The van der Waals surface area contributed by atoms with Crippen molar-refractivity contribution in [1.29, 1.82) is 0 Å². The van der Waals surface area contributed by atoms with Crippen LogP contribution in [0.1, 0.15) is 44.8 Å². The minimum atomic E-state index is 0. The topological polar surface area (TPSA) is 62.0 Å². The van der Waals surface area contributed by atoms with Gasteiger partial charge in [-0.3, -0.25) is 9.89 Å². The highest BCUT2D eigenvalue weighted by Gasteiger charge is 2.20. The smallest absolute Gasteiger partial charge is 0.191 e. The first-order valence-electron chi connectivity index (χ1n) is 10.7. The summed E-state index contributed by atoms with van der Waals surface area (Å²) in [4.78, 5) is 7.45. The van der Waals surface area contributed by atoms with Crippen molar-refractivity contribution in [3.05, 3.63) is 24.2 Å². The SMILES string of the molecule is CCC1CCCCN1CCNC(=NCC1CCOC1)NCCc1ccco1.I. The van der Waals surface area contributed by atoms with E-state index in [-0.39, 0.29) is 24.0 Å². The molecule has 160 valence electrons. The van der Waals surface area contributed by atoms with Crippen LogP contribution in [0.4, 0.5) is 0 Å². The minimum absolute atomic E-state index is 0. The van der Waals surface area contributed by atoms with E-state index >= 15 is 0 Å². The van der Waals surface area contributed by atoms with Crippen LogP contribution < -0.4 is 10.6 Å². The molecule has 3 rings (SSSR count). The lowest BCUT2D eigenvalue weighted by molar-refractivity contribution is 0.147. The molecule has 2 unspecified atom stereocenters. The summed E-state index contributed by atoms with van der Waals surface area (Å²) >= 11 is 0. The molecule has 28 heavy (non-hydrogen) atoms. The molecule has 6 nitrogen and oxygen atoms in total. The Kier molecular flexibility index (Phi) is 11.3. The summed E-state index contributed by atoms with van der Waals surface area (Å²) in [6.45, 7) is 8.94. The van der Waals surface area contributed by atoms with E-state index in [0.29, 0.717) is 5.92 Å². The maximum Gasteiger partial charge on any atom is 0.191 e. The standard InChI is InChI=1S/C21H36N4O2.HI/c1-2-19-6-3-4-12-25(19)13-11-23-21(24-16-18-9-15-26-17-18)22-10-8-20-7-5-14-27-20;/h5,7,14,18-19H,2-4,6,8-13,15-17H2,1H3,(H2,22,23,24);1H. The second kappa shape index (κ2) is 13.4. The van der Waals surface area contributed by atoms with Gasteiger partial charge in [-0.15, -0.1) is 24.0 Å². The van der Waals surface area contributed by atoms with Crippen molar-refractivity contribution in [2.24, 2.45) is 10.9 Å². The zero-order chi connectivity index (χ0) is 18.7. The number of piperidine rings is 1. The van der Waals surface area contributed by atoms with Gasteiger partial charge in [0.2, 0.25) is 0 Å². The van der Waals surface area contributed by atoms with E-state index < -0.39 is 0 Å². The van der Waals surface area contributed by atoms with Gasteiger partial charge in [-0.25, -0.2) is 0 Å². The molecule has 0 bridgehead atoms. The van der Waals surface area contributed by atoms with Crippen molar-refractivity contribution in [2.45, 2.75) is 51.5 Å². The van der Waals surface area contributed by atoms with Crippen LogP contribution in [0.2, 0.25) is 0 Å². The van der Waals surface area contributed by atoms with E-state index in [9.17, 15) is 0 Å². The molecule has 0 aromatic carbocycles. The fourth-order valence-corrected chi connectivity index (χ4v) is 4.02. The minimum Gasteiger partial charge on any atom is -0.469 e. The van der Waals surface area contributed by atoms with E-state index in [1.54, 1.807) is 6.26 Å². The van der Waals surface area contributed by atoms with Gasteiger partial charge in [0.05, 0.1) is 12.9 Å². The van der Waals surface area contributed by atoms with Crippen molar-refractivity contribution in [1.82, 2.24) is 15.5 Å². The Morgan fingerprint density at radius 3 is 2.89 bits per heavy atom. The normalized spacial score (nSPS) is 23.4. The molecule has 0 amide bonds. The number of ether oxygens (including phenoxy) is 1. The molecule has 0 aliphatic carbocycles. The number of nitrogens with one attached hydrogen (secondary N) is 2. The Morgan fingerprint density at radius 1 is 1.25 bits per heavy atom. The molecule has 0 radical (unpaired) electrons. The maximum absolute atomic E-state index is 5.47. The summed E-state index contributed by atoms with van der Waals surface area (Å²) in [6, 6.07) is 4.71. The first-order valence-corrected chi connectivity index (χ1v) is 10.7. The average molecular weight is 504 g/mol. The highest BCUT2D eigenvalue weighted by Crippen LogP contribution is 2.18. The molecular weight excluding hydrogens is 467 g/mol. The van der Waals surface area contributed by atoms with Crippen molar-refractivity contribution >= 4 is 29.9 Å². The largest absolute Gasteiger partial charge is 0.469 e. The number of nitrogens with zero attached hydrogens (tertiary/aromatic N) is 2. The van der Waals surface area contributed by atoms with Crippen molar-refractivity contribution in [3.63, 3.8) is 0 Å².